The zero-order valence-electron chi connectivity index (χ0n) is 29.8. The minimum Gasteiger partial charge on any atom is -0.497 e. The molecule has 0 fully saturated rings. The van der Waals surface area contributed by atoms with Crippen molar-refractivity contribution in [1.82, 2.24) is 19.9 Å². The van der Waals surface area contributed by atoms with Crippen LogP contribution in [0.4, 0.5) is 0 Å². The number of hydrogen-bond acceptors (Lipinski definition) is 8. The zero-order valence-corrected chi connectivity index (χ0v) is 29.8. The molecule has 8 rings (SSSR count). The third-order valence-corrected chi connectivity index (χ3v) is 9.32. The third-order valence-electron chi connectivity index (χ3n) is 9.32. The lowest BCUT2D eigenvalue weighted by molar-refractivity contribution is 0.414. The lowest BCUT2D eigenvalue weighted by Crippen LogP contribution is -1.98. The number of rotatable bonds is 10. The summed E-state index contributed by atoms with van der Waals surface area (Å²) in [6.07, 6.45) is 0.686. The molecule has 8 aromatic rings. The van der Waals surface area contributed by atoms with Crippen LogP contribution in [0, 0.1) is 0 Å². The van der Waals surface area contributed by atoms with E-state index in [9.17, 15) is 0 Å². The van der Waals surface area contributed by atoms with Crippen LogP contribution in [-0.2, 0) is 6.42 Å². The quantitative estimate of drug-likeness (QED) is 0.140. The molecular formula is C45H36N4O4. The Morgan fingerprint density at radius 2 is 0.585 bits per heavy atom. The van der Waals surface area contributed by atoms with Crippen molar-refractivity contribution in [3.63, 3.8) is 0 Å². The molecule has 0 atom stereocenters. The van der Waals surface area contributed by atoms with Crippen molar-refractivity contribution in [3.05, 3.63) is 145 Å². The molecule has 0 N–H and O–H groups in total. The van der Waals surface area contributed by atoms with Crippen molar-refractivity contribution in [2.45, 2.75) is 6.42 Å². The molecule has 0 unspecified atom stereocenters. The average molecular weight is 697 g/mol. The molecule has 2 heterocycles. The van der Waals surface area contributed by atoms with Gasteiger partial charge in [0.25, 0.3) is 0 Å². The second-order valence-electron chi connectivity index (χ2n) is 12.6. The van der Waals surface area contributed by atoms with Crippen LogP contribution < -0.4 is 18.9 Å². The summed E-state index contributed by atoms with van der Waals surface area (Å²) >= 11 is 0. The van der Waals surface area contributed by atoms with Gasteiger partial charge in [-0.15, -0.1) is 0 Å². The van der Waals surface area contributed by atoms with Crippen molar-refractivity contribution in [3.8, 4) is 68.0 Å². The fraction of sp³-hybridized carbons (Fsp3) is 0.111. The van der Waals surface area contributed by atoms with Crippen molar-refractivity contribution in [1.29, 1.82) is 0 Å². The first kappa shape index (κ1) is 33.3. The Hall–Kier alpha value is -6.80. The first-order valence-corrected chi connectivity index (χ1v) is 17.2. The molecule has 0 spiro atoms. The maximum atomic E-state index is 5.42. The highest BCUT2D eigenvalue weighted by Gasteiger charge is 2.17. The second kappa shape index (κ2) is 14.4. The molecule has 53 heavy (non-hydrogen) atoms. The number of ether oxygens (including phenoxy) is 4. The summed E-state index contributed by atoms with van der Waals surface area (Å²) < 4.78 is 21.6. The second-order valence-corrected chi connectivity index (χ2v) is 12.6. The van der Waals surface area contributed by atoms with Crippen LogP contribution in [0.2, 0.25) is 0 Å². The Morgan fingerprint density at radius 1 is 0.321 bits per heavy atom. The van der Waals surface area contributed by atoms with E-state index >= 15 is 0 Å². The van der Waals surface area contributed by atoms with Crippen LogP contribution in [0.1, 0.15) is 11.1 Å². The highest BCUT2D eigenvalue weighted by atomic mass is 16.5. The standard InChI is InChI=1S/C45H36N4O4/c1-50-34-15-7-30(8-16-34)42-44(32-11-19-36(52-3)20-12-32)48-40-26-28(5-23-38(40)46-42)25-29-6-24-39-41(27-29)49-45(33-13-21-37(53-4)22-14-33)43(47-39)31-9-17-35(51-2)18-10-31/h5-24,26-27H,25H2,1-4H3. The van der Waals surface area contributed by atoms with Gasteiger partial charge in [0.05, 0.1) is 73.3 Å². The number of aromatic nitrogens is 4. The SMILES string of the molecule is COc1ccc(-c2nc3ccc(Cc4ccc5nc(-c6ccc(OC)cc6)c(-c6ccc(OC)cc6)nc5c4)cc3nc2-c2ccc(OC)cc2)cc1. The summed E-state index contributed by atoms with van der Waals surface area (Å²) in [7, 11) is 6.65. The fourth-order valence-corrected chi connectivity index (χ4v) is 6.46. The summed E-state index contributed by atoms with van der Waals surface area (Å²) in [4.78, 5) is 20.7. The van der Waals surface area contributed by atoms with E-state index in [0.717, 1.165) is 101 Å². The minimum absolute atomic E-state index is 0.686. The van der Waals surface area contributed by atoms with Gasteiger partial charge in [-0.25, -0.2) is 19.9 Å². The van der Waals surface area contributed by atoms with E-state index in [-0.39, 0.29) is 0 Å². The van der Waals surface area contributed by atoms with Crippen molar-refractivity contribution < 1.29 is 18.9 Å². The normalized spacial score (nSPS) is 11.1. The van der Waals surface area contributed by atoms with E-state index in [1.165, 1.54) is 0 Å². The summed E-state index contributed by atoms with van der Waals surface area (Å²) in [5, 5.41) is 0. The van der Waals surface area contributed by atoms with E-state index in [0.29, 0.717) is 6.42 Å². The molecule has 0 saturated heterocycles. The topological polar surface area (TPSA) is 88.5 Å². The Balaban J connectivity index is 1.17. The zero-order chi connectivity index (χ0) is 36.3. The van der Waals surface area contributed by atoms with Gasteiger partial charge in [-0.05, 0) is 139 Å². The summed E-state index contributed by atoms with van der Waals surface area (Å²) in [5.41, 5.74) is 12.5. The van der Waals surface area contributed by atoms with E-state index in [2.05, 4.69) is 24.3 Å². The van der Waals surface area contributed by atoms with Gasteiger partial charge < -0.3 is 18.9 Å². The molecule has 8 heteroatoms. The highest BCUT2D eigenvalue weighted by Crippen LogP contribution is 2.35. The van der Waals surface area contributed by atoms with Gasteiger partial charge in [-0.2, -0.15) is 0 Å². The van der Waals surface area contributed by atoms with Crippen LogP contribution in [0.3, 0.4) is 0 Å². The van der Waals surface area contributed by atoms with Crippen molar-refractivity contribution in [2.75, 3.05) is 28.4 Å². The van der Waals surface area contributed by atoms with Crippen molar-refractivity contribution >= 4 is 22.1 Å². The Bertz CT molecular complexity index is 2370. The van der Waals surface area contributed by atoms with Crippen LogP contribution in [0.15, 0.2) is 133 Å². The maximum Gasteiger partial charge on any atom is 0.118 e. The number of fused-ring (bicyclic) bond motifs is 2. The smallest absolute Gasteiger partial charge is 0.118 e. The first-order valence-electron chi connectivity index (χ1n) is 17.2. The number of nitrogens with zero attached hydrogens (tertiary/aromatic N) is 4. The molecule has 0 aliphatic carbocycles. The monoisotopic (exact) mass is 696 g/mol. The molecule has 0 amide bonds. The van der Waals surface area contributed by atoms with Gasteiger partial charge in [0.2, 0.25) is 0 Å². The Kier molecular flexibility index (Phi) is 9.09. The van der Waals surface area contributed by atoms with E-state index in [1.807, 2.05) is 109 Å². The molecule has 0 aliphatic heterocycles. The van der Waals surface area contributed by atoms with Gasteiger partial charge in [0.15, 0.2) is 0 Å². The van der Waals surface area contributed by atoms with Gasteiger partial charge in [-0.3, -0.25) is 0 Å². The predicted molar refractivity (Wildman–Crippen MR) is 210 cm³/mol. The predicted octanol–water partition coefficient (Wildman–Crippen LogP) is 9.87. The number of hydrogen-bond donors (Lipinski definition) is 0. The van der Waals surface area contributed by atoms with Crippen LogP contribution in [0.5, 0.6) is 23.0 Å². The molecule has 8 nitrogen and oxygen atoms in total. The molecule has 260 valence electrons. The minimum atomic E-state index is 0.686. The lowest BCUT2D eigenvalue weighted by Gasteiger charge is -2.13. The molecule has 2 aromatic heterocycles. The summed E-state index contributed by atoms with van der Waals surface area (Å²) in [5.74, 6) is 3.13. The van der Waals surface area contributed by atoms with Gasteiger partial charge in [0, 0.05) is 22.3 Å². The van der Waals surface area contributed by atoms with Gasteiger partial charge in [0.1, 0.15) is 23.0 Å². The van der Waals surface area contributed by atoms with E-state index in [4.69, 9.17) is 38.9 Å². The fourth-order valence-electron chi connectivity index (χ4n) is 6.46. The number of methoxy groups -OCH3 is 4. The van der Waals surface area contributed by atoms with Gasteiger partial charge >= 0.3 is 0 Å². The largest absolute Gasteiger partial charge is 0.497 e. The lowest BCUT2D eigenvalue weighted by atomic mass is 10.0. The average Bonchev–Trinajstić information content (AvgIpc) is 3.23. The third kappa shape index (κ3) is 6.82. The maximum absolute atomic E-state index is 5.42. The molecule has 6 aromatic carbocycles. The van der Waals surface area contributed by atoms with Crippen LogP contribution in [-0.4, -0.2) is 48.4 Å². The van der Waals surface area contributed by atoms with Crippen molar-refractivity contribution in [2.24, 2.45) is 0 Å². The highest BCUT2D eigenvalue weighted by molar-refractivity contribution is 5.88. The summed E-state index contributed by atoms with van der Waals surface area (Å²) in [6.45, 7) is 0. The number of benzene rings is 6. The summed E-state index contributed by atoms with van der Waals surface area (Å²) in [6, 6.07) is 44.2. The van der Waals surface area contributed by atoms with Gasteiger partial charge in [-0.1, -0.05) is 12.1 Å². The Labute approximate surface area is 307 Å². The Morgan fingerprint density at radius 3 is 0.849 bits per heavy atom. The van der Waals surface area contributed by atoms with Crippen LogP contribution >= 0.6 is 0 Å². The first-order chi connectivity index (χ1) is 26.0. The van der Waals surface area contributed by atoms with E-state index < -0.39 is 0 Å². The molecular weight excluding hydrogens is 661 g/mol. The molecule has 0 saturated carbocycles. The van der Waals surface area contributed by atoms with E-state index in [1.54, 1.807) is 28.4 Å². The molecule has 0 aliphatic rings. The van der Waals surface area contributed by atoms with Crippen LogP contribution in [0.25, 0.3) is 67.1 Å². The molecule has 0 bridgehead atoms. The molecule has 0 radical (unpaired) electrons.